The average Bonchev–Trinajstić information content (AvgIpc) is 2.69. The van der Waals surface area contributed by atoms with Gasteiger partial charge in [0.25, 0.3) is 5.91 Å². The number of nitrogens with zero attached hydrogens (tertiary/aromatic N) is 3. The van der Waals surface area contributed by atoms with Crippen LogP contribution in [0.2, 0.25) is 0 Å². The monoisotopic (exact) mass is 417 g/mol. The fourth-order valence-corrected chi connectivity index (χ4v) is 3.28. The molecule has 0 radical (unpaired) electrons. The van der Waals surface area contributed by atoms with E-state index < -0.39 is 23.5 Å². The zero-order chi connectivity index (χ0) is 21.9. The maximum atomic E-state index is 12.5. The van der Waals surface area contributed by atoms with Crippen molar-refractivity contribution in [3.63, 3.8) is 0 Å². The Balaban J connectivity index is 1.58. The minimum atomic E-state index is -0.752. The van der Waals surface area contributed by atoms with Crippen LogP contribution >= 0.6 is 0 Å². The molecule has 2 aliphatic heterocycles. The van der Waals surface area contributed by atoms with Crippen molar-refractivity contribution in [2.24, 2.45) is 0 Å². The van der Waals surface area contributed by atoms with Gasteiger partial charge in [-0.1, -0.05) is 0 Å². The Morgan fingerprint density at radius 2 is 1.90 bits per heavy atom. The van der Waals surface area contributed by atoms with Crippen molar-refractivity contribution >= 4 is 29.5 Å². The maximum Gasteiger partial charge on any atom is 0.410 e. The summed E-state index contributed by atoms with van der Waals surface area (Å²) in [4.78, 5) is 55.6. The number of nitrogens with one attached hydrogen (secondary N) is 2. The van der Waals surface area contributed by atoms with Crippen molar-refractivity contribution in [2.45, 2.75) is 45.3 Å². The Bertz CT molecular complexity index is 842. The number of aromatic nitrogens is 1. The number of carbonyl (C=O) groups is 4. The number of pyridine rings is 1. The molecule has 2 saturated heterocycles. The molecular formula is C20H27N5O5. The molecule has 0 spiro atoms. The molecule has 2 aliphatic rings. The molecule has 1 aromatic heterocycles. The summed E-state index contributed by atoms with van der Waals surface area (Å²) in [5.41, 5.74) is 0.457. The van der Waals surface area contributed by atoms with Crippen LogP contribution in [0, 0.1) is 0 Å². The summed E-state index contributed by atoms with van der Waals surface area (Å²) in [5, 5.41) is 4.84. The van der Waals surface area contributed by atoms with Gasteiger partial charge in [-0.05, 0) is 39.3 Å². The molecule has 1 atom stereocenters. The lowest BCUT2D eigenvalue weighted by molar-refractivity contribution is -0.134. The van der Waals surface area contributed by atoms with Gasteiger partial charge in [0.15, 0.2) is 0 Å². The molecule has 0 bridgehead atoms. The number of hydrogen-bond acceptors (Lipinski definition) is 7. The predicted molar refractivity (Wildman–Crippen MR) is 108 cm³/mol. The number of amides is 4. The van der Waals surface area contributed by atoms with E-state index in [1.165, 1.54) is 6.20 Å². The van der Waals surface area contributed by atoms with Crippen LogP contribution in [0.5, 0.6) is 0 Å². The minimum absolute atomic E-state index is 0.187. The third-order valence-electron chi connectivity index (χ3n) is 4.82. The molecule has 10 nitrogen and oxygen atoms in total. The number of hydrogen-bond donors (Lipinski definition) is 2. The van der Waals surface area contributed by atoms with E-state index in [1.54, 1.807) is 17.0 Å². The lowest BCUT2D eigenvalue weighted by Gasteiger charge is -2.36. The van der Waals surface area contributed by atoms with E-state index in [0.29, 0.717) is 26.2 Å². The number of piperazine rings is 1. The van der Waals surface area contributed by atoms with Gasteiger partial charge in [0.05, 0.1) is 0 Å². The number of carbonyl (C=O) groups excluding carboxylic acids is 4. The van der Waals surface area contributed by atoms with Crippen LogP contribution in [0.25, 0.3) is 0 Å². The Labute approximate surface area is 174 Å². The fraction of sp³-hybridized carbons (Fsp3) is 0.550. The summed E-state index contributed by atoms with van der Waals surface area (Å²) in [6.45, 7) is 7.71. The van der Waals surface area contributed by atoms with Crippen molar-refractivity contribution in [2.75, 3.05) is 31.1 Å². The van der Waals surface area contributed by atoms with Gasteiger partial charge in [-0.25, -0.2) is 4.79 Å². The number of rotatable bonds is 3. The Morgan fingerprint density at radius 3 is 2.53 bits per heavy atom. The van der Waals surface area contributed by atoms with Gasteiger partial charge in [0.1, 0.15) is 17.3 Å². The molecule has 3 rings (SSSR count). The molecule has 10 heteroatoms. The summed E-state index contributed by atoms with van der Waals surface area (Å²) < 4.78 is 5.41. The van der Waals surface area contributed by atoms with E-state index in [-0.39, 0.29) is 30.5 Å². The van der Waals surface area contributed by atoms with E-state index in [9.17, 15) is 19.2 Å². The molecule has 0 aliphatic carbocycles. The van der Waals surface area contributed by atoms with Gasteiger partial charge in [0, 0.05) is 44.5 Å². The highest BCUT2D eigenvalue weighted by molar-refractivity contribution is 6.03. The van der Waals surface area contributed by atoms with E-state index in [0.717, 1.165) is 5.69 Å². The SMILES string of the molecule is CC(C)(C)OC(=O)N1CCN(c2ccnc(C(=O)NC3CCC(=O)NC3=O)c2)CC1. The molecule has 1 aromatic rings. The maximum absolute atomic E-state index is 12.5. The van der Waals surface area contributed by atoms with Crippen LogP contribution in [-0.2, 0) is 14.3 Å². The van der Waals surface area contributed by atoms with Gasteiger partial charge >= 0.3 is 6.09 Å². The second kappa shape index (κ2) is 8.68. The summed E-state index contributed by atoms with van der Waals surface area (Å²) in [7, 11) is 0. The molecule has 1 unspecified atom stereocenters. The molecule has 30 heavy (non-hydrogen) atoms. The highest BCUT2D eigenvalue weighted by atomic mass is 16.6. The fourth-order valence-electron chi connectivity index (χ4n) is 3.28. The Hall–Kier alpha value is -3.17. The van der Waals surface area contributed by atoms with Crippen LogP contribution in [0.3, 0.4) is 0 Å². The first kappa shape index (κ1) is 21.5. The second-order valence-corrected chi connectivity index (χ2v) is 8.33. The summed E-state index contributed by atoms with van der Waals surface area (Å²) >= 11 is 0. The number of piperidine rings is 1. The Kier molecular flexibility index (Phi) is 6.23. The Morgan fingerprint density at radius 1 is 1.20 bits per heavy atom. The normalized spacial score (nSPS) is 19.9. The summed E-state index contributed by atoms with van der Waals surface area (Å²) in [6, 6.07) is 2.70. The van der Waals surface area contributed by atoms with E-state index >= 15 is 0 Å². The molecule has 2 fully saturated rings. The van der Waals surface area contributed by atoms with Crippen LogP contribution < -0.4 is 15.5 Å². The largest absolute Gasteiger partial charge is 0.444 e. The molecule has 0 aromatic carbocycles. The van der Waals surface area contributed by atoms with E-state index in [1.807, 2.05) is 20.8 Å². The average molecular weight is 417 g/mol. The van der Waals surface area contributed by atoms with Crippen molar-refractivity contribution in [3.05, 3.63) is 24.0 Å². The van der Waals surface area contributed by atoms with Gasteiger partial charge in [0.2, 0.25) is 11.8 Å². The second-order valence-electron chi connectivity index (χ2n) is 8.33. The topological polar surface area (TPSA) is 121 Å². The zero-order valence-electron chi connectivity index (χ0n) is 17.4. The molecular weight excluding hydrogens is 390 g/mol. The third-order valence-corrected chi connectivity index (χ3v) is 4.82. The summed E-state index contributed by atoms with van der Waals surface area (Å²) in [6.07, 6.45) is 1.66. The lowest BCUT2D eigenvalue weighted by atomic mass is 10.1. The van der Waals surface area contributed by atoms with Crippen molar-refractivity contribution in [1.82, 2.24) is 20.5 Å². The van der Waals surface area contributed by atoms with Gasteiger partial charge < -0.3 is 19.9 Å². The lowest BCUT2D eigenvalue weighted by Crippen LogP contribution is -2.52. The van der Waals surface area contributed by atoms with Crippen LogP contribution in [0.1, 0.15) is 44.1 Å². The van der Waals surface area contributed by atoms with Gasteiger partial charge in [-0.3, -0.25) is 24.7 Å². The van der Waals surface area contributed by atoms with Crippen LogP contribution in [0.15, 0.2) is 18.3 Å². The smallest absolute Gasteiger partial charge is 0.410 e. The van der Waals surface area contributed by atoms with Crippen LogP contribution in [0.4, 0.5) is 10.5 Å². The number of imide groups is 1. The molecule has 2 N–H and O–H groups in total. The van der Waals surface area contributed by atoms with Gasteiger partial charge in [-0.15, -0.1) is 0 Å². The highest BCUT2D eigenvalue weighted by Crippen LogP contribution is 2.19. The minimum Gasteiger partial charge on any atom is -0.444 e. The quantitative estimate of drug-likeness (QED) is 0.694. The summed E-state index contributed by atoms with van der Waals surface area (Å²) in [5.74, 6) is -1.32. The molecule has 4 amide bonds. The van der Waals surface area contributed by atoms with Crippen molar-refractivity contribution in [1.29, 1.82) is 0 Å². The highest BCUT2D eigenvalue weighted by Gasteiger charge is 2.29. The van der Waals surface area contributed by atoms with Crippen LogP contribution in [-0.4, -0.2) is 71.5 Å². The third kappa shape index (κ3) is 5.46. The first-order chi connectivity index (χ1) is 14.1. The predicted octanol–water partition coefficient (Wildman–Crippen LogP) is 0.674. The molecule has 0 saturated carbocycles. The zero-order valence-corrected chi connectivity index (χ0v) is 17.4. The molecule has 162 valence electrons. The van der Waals surface area contributed by atoms with E-state index in [2.05, 4.69) is 20.5 Å². The van der Waals surface area contributed by atoms with Crippen molar-refractivity contribution < 1.29 is 23.9 Å². The molecule has 3 heterocycles. The number of ether oxygens (including phenoxy) is 1. The first-order valence-corrected chi connectivity index (χ1v) is 9.96. The van der Waals surface area contributed by atoms with Crippen molar-refractivity contribution in [3.8, 4) is 0 Å². The standard InChI is InChI=1S/C20H27N5O5/c1-20(2,3)30-19(29)25-10-8-24(9-11-25)13-6-7-21-15(12-13)18(28)22-14-4-5-16(26)23-17(14)27/h6-7,12,14H,4-5,8-11H2,1-3H3,(H,22,28)(H,23,26,27). The first-order valence-electron chi connectivity index (χ1n) is 9.96. The van der Waals surface area contributed by atoms with Gasteiger partial charge in [-0.2, -0.15) is 0 Å². The van der Waals surface area contributed by atoms with E-state index in [4.69, 9.17) is 4.74 Å². The number of anilines is 1.